The molecule has 3 heteroatoms. The number of rotatable bonds is 2. The van der Waals surface area contributed by atoms with Gasteiger partial charge in [0, 0.05) is 9.95 Å². The Morgan fingerprint density at radius 2 is 2.08 bits per heavy atom. The van der Waals surface area contributed by atoms with Crippen LogP contribution in [0.25, 0.3) is 0 Å². The van der Waals surface area contributed by atoms with Crippen molar-refractivity contribution in [3.8, 4) is 6.07 Å². The van der Waals surface area contributed by atoms with Gasteiger partial charge in [0.1, 0.15) is 0 Å². The van der Waals surface area contributed by atoms with Crippen LogP contribution in [0.1, 0.15) is 18.1 Å². The van der Waals surface area contributed by atoms with Crippen LogP contribution in [-0.2, 0) is 5.75 Å². The van der Waals surface area contributed by atoms with Gasteiger partial charge in [0.15, 0.2) is 0 Å². The van der Waals surface area contributed by atoms with Crippen molar-refractivity contribution in [2.45, 2.75) is 12.7 Å². The molecule has 0 aromatic heterocycles. The molecule has 0 saturated carbocycles. The van der Waals surface area contributed by atoms with E-state index in [0.29, 0.717) is 5.56 Å². The number of hydrogen-bond acceptors (Lipinski definition) is 3. The Morgan fingerprint density at radius 1 is 1.46 bits per heavy atom. The molecule has 1 aromatic carbocycles. The highest BCUT2D eigenvalue weighted by molar-refractivity contribution is 8.22. The van der Waals surface area contributed by atoms with Crippen LogP contribution in [0, 0.1) is 11.3 Å². The monoisotopic (exact) mass is 207 g/mol. The zero-order chi connectivity index (χ0) is 9.68. The molecule has 0 atom stereocenters. The van der Waals surface area contributed by atoms with E-state index in [2.05, 4.69) is 6.07 Å². The normalized spacial score (nSPS) is 9.23. The Hall–Kier alpha value is -0.850. The van der Waals surface area contributed by atoms with Crippen LogP contribution in [0.5, 0.6) is 0 Å². The average molecular weight is 207 g/mol. The topological polar surface area (TPSA) is 23.8 Å². The van der Waals surface area contributed by atoms with E-state index in [1.54, 1.807) is 11.8 Å². The Labute approximate surface area is 87.8 Å². The van der Waals surface area contributed by atoms with Gasteiger partial charge in [-0.05, 0) is 24.6 Å². The summed E-state index contributed by atoms with van der Waals surface area (Å²) in [5, 5.41) is 8.57. The molecule has 0 fully saturated rings. The molecule has 0 aliphatic rings. The fourth-order valence-electron chi connectivity index (χ4n) is 0.860. The second-order valence-corrected chi connectivity index (χ2v) is 4.65. The smallest absolute Gasteiger partial charge is 0.0991 e. The lowest BCUT2D eigenvalue weighted by Gasteiger charge is -1.99. The van der Waals surface area contributed by atoms with E-state index in [0.717, 1.165) is 9.95 Å². The molecule has 0 saturated heterocycles. The molecule has 1 rings (SSSR count). The summed E-state index contributed by atoms with van der Waals surface area (Å²) < 4.78 is 0.948. The van der Waals surface area contributed by atoms with Crippen molar-refractivity contribution in [3.05, 3.63) is 35.4 Å². The summed E-state index contributed by atoms with van der Waals surface area (Å²) in [5.74, 6) is 0.890. The molecule has 66 valence electrons. The number of nitriles is 1. The third-order valence-corrected chi connectivity index (χ3v) is 2.76. The van der Waals surface area contributed by atoms with Crippen LogP contribution in [-0.4, -0.2) is 4.20 Å². The van der Waals surface area contributed by atoms with Gasteiger partial charge < -0.3 is 0 Å². The molecule has 13 heavy (non-hydrogen) atoms. The molecular weight excluding hydrogens is 198 g/mol. The van der Waals surface area contributed by atoms with E-state index < -0.39 is 0 Å². The third-order valence-electron chi connectivity index (χ3n) is 1.53. The van der Waals surface area contributed by atoms with Gasteiger partial charge in [0.2, 0.25) is 0 Å². The minimum absolute atomic E-state index is 0.702. The summed E-state index contributed by atoms with van der Waals surface area (Å²) in [7, 11) is 0. The van der Waals surface area contributed by atoms with Gasteiger partial charge in [-0.3, -0.25) is 0 Å². The molecule has 0 bridgehead atoms. The lowest BCUT2D eigenvalue weighted by atomic mass is 10.2. The molecule has 1 aromatic rings. The Kier molecular flexibility index (Phi) is 3.94. The highest BCUT2D eigenvalue weighted by Crippen LogP contribution is 2.14. The summed E-state index contributed by atoms with van der Waals surface area (Å²) in [6.07, 6.45) is 0. The fraction of sp³-hybridized carbons (Fsp3) is 0.200. The maximum Gasteiger partial charge on any atom is 0.0991 e. The molecule has 0 heterocycles. The first-order valence-electron chi connectivity index (χ1n) is 3.85. The van der Waals surface area contributed by atoms with E-state index in [1.165, 1.54) is 5.56 Å². The molecule has 0 N–H and O–H groups in total. The Morgan fingerprint density at radius 3 is 2.54 bits per heavy atom. The first kappa shape index (κ1) is 10.2. The second kappa shape index (κ2) is 5.00. The van der Waals surface area contributed by atoms with Crippen LogP contribution < -0.4 is 0 Å². The van der Waals surface area contributed by atoms with Crippen LogP contribution >= 0.6 is 24.0 Å². The van der Waals surface area contributed by atoms with Crippen molar-refractivity contribution < 1.29 is 0 Å². The molecule has 0 aliphatic heterocycles. The molecule has 0 radical (unpaired) electrons. The lowest BCUT2D eigenvalue weighted by Crippen LogP contribution is -1.84. The van der Waals surface area contributed by atoms with E-state index in [9.17, 15) is 0 Å². The van der Waals surface area contributed by atoms with Gasteiger partial charge in [0.05, 0.1) is 11.6 Å². The summed E-state index contributed by atoms with van der Waals surface area (Å²) in [6, 6.07) is 9.67. The van der Waals surface area contributed by atoms with Crippen LogP contribution in [0.4, 0.5) is 0 Å². The van der Waals surface area contributed by atoms with E-state index >= 15 is 0 Å². The van der Waals surface area contributed by atoms with Gasteiger partial charge in [-0.15, -0.1) is 11.8 Å². The molecule has 0 amide bonds. The largest absolute Gasteiger partial charge is 0.192 e. The second-order valence-electron chi connectivity index (χ2n) is 2.59. The quantitative estimate of drug-likeness (QED) is 0.696. The molecule has 0 spiro atoms. The van der Waals surface area contributed by atoms with Gasteiger partial charge >= 0.3 is 0 Å². The third kappa shape index (κ3) is 3.58. The van der Waals surface area contributed by atoms with Crippen LogP contribution in [0.15, 0.2) is 24.3 Å². The van der Waals surface area contributed by atoms with Crippen molar-refractivity contribution in [2.24, 2.45) is 0 Å². The van der Waals surface area contributed by atoms with Gasteiger partial charge in [-0.25, -0.2) is 0 Å². The van der Waals surface area contributed by atoms with Crippen LogP contribution in [0.2, 0.25) is 0 Å². The van der Waals surface area contributed by atoms with Gasteiger partial charge in [0.25, 0.3) is 0 Å². The maximum absolute atomic E-state index is 8.57. The van der Waals surface area contributed by atoms with E-state index in [-0.39, 0.29) is 0 Å². The van der Waals surface area contributed by atoms with Crippen molar-refractivity contribution in [1.82, 2.24) is 0 Å². The van der Waals surface area contributed by atoms with Gasteiger partial charge in [-0.2, -0.15) is 5.26 Å². The fourth-order valence-corrected chi connectivity index (χ4v) is 1.60. The number of benzene rings is 1. The first-order chi connectivity index (χ1) is 6.22. The highest BCUT2D eigenvalue weighted by atomic mass is 32.2. The Bertz CT molecular complexity index is 335. The molecule has 0 aliphatic carbocycles. The Balaban J connectivity index is 2.60. The van der Waals surface area contributed by atoms with Crippen molar-refractivity contribution in [2.75, 3.05) is 0 Å². The molecule has 0 unspecified atom stereocenters. The number of thioether (sulfide) groups is 1. The summed E-state index contributed by atoms with van der Waals surface area (Å²) in [4.78, 5) is 0. The number of nitrogens with zero attached hydrogens (tertiary/aromatic N) is 1. The number of thiocarbonyl (C=S) groups is 1. The average Bonchev–Trinajstić information content (AvgIpc) is 2.15. The molecule has 1 nitrogen and oxygen atoms in total. The highest BCUT2D eigenvalue weighted by Gasteiger charge is 1.95. The standard InChI is InChI=1S/C10H9NS2/c1-8(12)13-7-10-4-2-9(6-11)3-5-10/h2-5H,7H2,1H3. The van der Waals surface area contributed by atoms with E-state index in [4.69, 9.17) is 17.5 Å². The number of hydrogen-bond donors (Lipinski definition) is 0. The predicted molar refractivity (Wildman–Crippen MR) is 60.7 cm³/mol. The minimum atomic E-state index is 0.702. The van der Waals surface area contributed by atoms with Gasteiger partial charge in [-0.1, -0.05) is 24.4 Å². The SMILES string of the molecule is CC(=S)SCc1ccc(C#N)cc1. The van der Waals surface area contributed by atoms with E-state index in [1.807, 2.05) is 31.2 Å². The summed E-state index contributed by atoms with van der Waals surface area (Å²) in [5.41, 5.74) is 1.90. The zero-order valence-corrected chi connectivity index (χ0v) is 8.91. The zero-order valence-electron chi connectivity index (χ0n) is 7.28. The summed E-state index contributed by atoms with van der Waals surface area (Å²) >= 11 is 6.60. The summed E-state index contributed by atoms with van der Waals surface area (Å²) in [6.45, 7) is 1.92. The van der Waals surface area contributed by atoms with Crippen molar-refractivity contribution in [3.63, 3.8) is 0 Å². The minimum Gasteiger partial charge on any atom is -0.192 e. The molecular formula is C10H9NS2. The predicted octanol–water partition coefficient (Wildman–Crippen LogP) is 3.14. The van der Waals surface area contributed by atoms with Crippen LogP contribution in [0.3, 0.4) is 0 Å². The first-order valence-corrected chi connectivity index (χ1v) is 5.24. The van der Waals surface area contributed by atoms with Crippen molar-refractivity contribution in [1.29, 1.82) is 5.26 Å². The van der Waals surface area contributed by atoms with Crippen molar-refractivity contribution >= 4 is 28.2 Å². The lowest BCUT2D eigenvalue weighted by molar-refractivity contribution is 1.40. The maximum atomic E-state index is 8.57.